The SMILES string of the molecule is COCc1cnc(C)nc1C1CCN(C(=O)Cc2ccccc2C)CC1. The summed E-state index contributed by atoms with van der Waals surface area (Å²) in [5, 5.41) is 0. The summed E-state index contributed by atoms with van der Waals surface area (Å²) in [6, 6.07) is 8.11. The molecule has 0 spiro atoms. The first kappa shape index (κ1) is 18.5. The van der Waals surface area contributed by atoms with E-state index in [-0.39, 0.29) is 5.91 Å². The van der Waals surface area contributed by atoms with Gasteiger partial charge in [0.1, 0.15) is 5.82 Å². The number of likely N-dealkylation sites (tertiary alicyclic amines) is 1. The molecule has 1 amide bonds. The van der Waals surface area contributed by atoms with E-state index in [0.29, 0.717) is 18.9 Å². The van der Waals surface area contributed by atoms with Gasteiger partial charge in [0.25, 0.3) is 0 Å². The van der Waals surface area contributed by atoms with E-state index in [0.717, 1.165) is 48.6 Å². The van der Waals surface area contributed by atoms with E-state index < -0.39 is 0 Å². The molecule has 0 aliphatic carbocycles. The number of rotatable bonds is 5. The van der Waals surface area contributed by atoms with Crippen LogP contribution in [0.25, 0.3) is 0 Å². The summed E-state index contributed by atoms with van der Waals surface area (Å²) in [5.41, 5.74) is 4.44. The number of benzene rings is 1. The van der Waals surface area contributed by atoms with Gasteiger partial charge in [0.05, 0.1) is 18.7 Å². The van der Waals surface area contributed by atoms with Gasteiger partial charge in [-0.2, -0.15) is 0 Å². The fourth-order valence-corrected chi connectivity index (χ4v) is 3.62. The maximum atomic E-state index is 12.7. The highest BCUT2D eigenvalue weighted by Crippen LogP contribution is 2.29. The van der Waals surface area contributed by atoms with Crippen LogP contribution in [0, 0.1) is 13.8 Å². The predicted octanol–water partition coefficient (Wildman–Crippen LogP) is 3.19. The lowest BCUT2D eigenvalue weighted by Gasteiger charge is -2.32. The Balaban J connectivity index is 1.63. The van der Waals surface area contributed by atoms with Gasteiger partial charge in [-0.25, -0.2) is 9.97 Å². The minimum absolute atomic E-state index is 0.216. The Morgan fingerprint density at radius 3 is 2.62 bits per heavy atom. The van der Waals surface area contributed by atoms with E-state index in [2.05, 4.69) is 23.0 Å². The third-order valence-electron chi connectivity index (χ3n) is 5.16. The standard InChI is InChI=1S/C21H27N3O2/c1-15-6-4-5-7-18(15)12-20(25)24-10-8-17(9-11-24)21-19(14-26-3)13-22-16(2)23-21/h4-7,13,17H,8-12,14H2,1-3H3. The lowest BCUT2D eigenvalue weighted by Crippen LogP contribution is -2.39. The van der Waals surface area contributed by atoms with Gasteiger partial charge in [0, 0.05) is 37.9 Å². The van der Waals surface area contributed by atoms with Gasteiger partial charge in [-0.15, -0.1) is 0 Å². The van der Waals surface area contributed by atoms with Gasteiger partial charge in [-0.1, -0.05) is 24.3 Å². The molecule has 1 saturated heterocycles. The van der Waals surface area contributed by atoms with Crippen molar-refractivity contribution in [3.05, 3.63) is 58.7 Å². The average Bonchev–Trinajstić information content (AvgIpc) is 2.65. The fraction of sp³-hybridized carbons (Fsp3) is 0.476. The van der Waals surface area contributed by atoms with Crippen molar-refractivity contribution >= 4 is 5.91 Å². The Labute approximate surface area is 155 Å². The normalized spacial score (nSPS) is 15.3. The van der Waals surface area contributed by atoms with Crippen molar-refractivity contribution in [2.75, 3.05) is 20.2 Å². The molecule has 1 aromatic carbocycles. The number of methoxy groups -OCH3 is 1. The lowest BCUT2D eigenvalue weighted by atomic mass is 9.90. The molecule has 0 atom stereocenters. The Bertz CT molecular complexity index is 768. The summed E-state index contributed by atoms with van der Waals surface area (Å²) in [5.74, 6) is 1.37. The van der Waals surface area contributed by atoms with Crippen molar-refractivity contribution in [2.45, 2.75) is 45.6 Å². The molecule has 0 unspecified atom stereocenters. The summed E-state index contributed by atoms with van der Waals surface area (Å²) < 4.78 is 5.29. The van der Waals surface area contributed by atoms with E-state index >= 15 is 0 Å². The Morgan fingerprint density at radius 2 is 1.92 bits per heavy atom. The molecule has 2 aromatic rings. The van der Waals surface area contributed by atoms with E-state index in [1.54, 1.807) is 7.11 Å². The monoisotopic (exact) mass is 353 g/mol. The maximum Gasteiger partial charge on any atom is 0.226 e. The van der Waals surface area contributed by atoms with Crippen molar-refractivity contribution in [1.82, 2.24) is 14.9 Å². The van der Waals surface area contributed by atoms with E-state index in [1.165, 1.54) is 5.56 Å². The number of piperidine rings is 1. The molecule has 0 saturated carbocycles. The highest BCUT2D eigenvalue weighted by molar-refractivity contribution is 5.79. The van der Waals surface area contributed by atoms with E-state index in [1.807, 2.05) is 36.2 Å². The number of carbonyl (C=O) groups excluding carboxylic acids is 1. The summed E-state index contributed by atoms with van der Waals surface area (Å²) in [6.07, 6.45) is 4.23. The second-order valence-electron chi connectivity index (χ2n) is 7.02. The number of carbonyl (C=O) groups is 1. The molecule has 3 rings (SSSR count). The molecule has 1 aliphatic rings. The van der Waals surface area contributed by atoms with Gasteiger partial charge in [-0.3, -0.25) is 4.79 Å². The molecule has 1 fully saturated rings. The fourth-order valence-electron chi connectivity index (χ4n) is 3.62. The van der Waals surface area contributed by atoms with Crippen LogP contribution in [0.4, 0.5) is 0 Å². The van der Waals surface area contributed by atoms with E-state index in [4.69, 9.17) is 4.74 Å². The molecule has 5 nitrogen and oxygen atoms in total. The topological polar surface area (TPSA) is 55.3 Å². The molecule has 2 heterocycles. The molecule has 26 heavy (non-hydrogen) atoms. The number of ether oxygens (including phenoxy) is 1. The van der Waals surface area contributed by atoms with Gasteiger partial charge < -0.3 is 9.64 Å². The predicted molar refractivity (Wildman–Crippen MR) is 101 cm³/mol. The van der Waals surface area contributed by atoms with Crippen LogP contribution in [-0.2, 0) is 22.6 Å². The molecule has 5 heteroatoms. The van der Waals surface area contributed by atoms with Crippen molar-refractivity contribution in [1.29, 1.82) is 0 Å². The van der Waals surface area contributed by atoms with Crippen LogP contribution < -0.4 is 0 Å². The summed E-state index contributed by atoms with van der Waals surface area (Å²) in [6.45, 7) is 6.07. The van der Waals surface area contributed by atoms with Crippen molar-refractivity contribution in [3.63, 3.8) is 0 Å². The van der Waals surface area contributed by atoms with Crippen LogP contribution in [0.5, 0.6) is 0 Å². The zero-order valence-electron chi connectivity index (χ0n) is 15.9. The third-order valence-corrected chi connectivity index (χ3v) is 5.16. The highest BCUT2D eigenvalue weighted by Gasteiger charge is 2.26. The Kier molecular flexibility index (Phi) is 5.99. The largest absolute Gasteiger partial charge is 0.380 e. The van der Waals surface area contributed by atoms with Crippen LogP contribution in [0.3, 0.4) is 0 Å². The number of aryl methyl sites for hydroxylation is 2. The Hall–Kier alpha value is -2.27. The van der Waals surface area contributed by atoms with E-state index in [9.17, 15) is 4.79 Å². The van der Waals surface area contributed by atoms with Crippen LogP contribution in [0.15, 0.2) is 30.5 Å². The molecule has 138 valence electrons. The highest BCUT2D eigenvalue weighted by atomic mass is 16.5. The minimum Gasteiger partial charge on any atom is -0.380 e. The van der Waals surface area contributed by atoms with Crippen LogP contribution in [0.2, 0.25) is 0 Å². The first-order chi connectivity index (χ1) is 12.6. The van der Waals surface area contributed by atoms with Crippen LogP contribution in [0.1, 0.15) is 47.0 Å². The number of aromatic nitrogens is 2. The smallest absolute Gasteiger partial charge is 0.226 e. The molecule has 0 bridgehead atoms. The first-order valence-electron chi connectivity index (χ1n) is 9.22. The summed E-state index contributed by atoms with van der Waals surface area (Å²) >= 11 is 0. The van der Waals surface area contributed by atoms with Crippen LogP contribution >= 0.6 is 0 Å². The molecule has 0 N–H and O–H groups in total. The maximum absolute atomic E-state index is 12.7. The number of hydrogen-bond donors (Lipinski definition) is 0. The second kappa shape index (κ2) is 8.41. The molecule has 1 aromatic heterocycles. The average molecular weight is 353 g/mol. The summed E-state index contributed by atoms with van der Waals surface area (Å²) in [4.78, 5) is 23.6. The molecular weight excluding hydrogens is 326 g/mol. The second-order valence-corrected chi connectivity index (χ2v) is 7.02. The van der Waals surface area contributed by atoms with Gasteiger partial charge >= 0.3 is 0 Å². The third kappa shape index (κ3) is 4.28. The van der Waals surface area contributed by atoms with Gasteiger partial charge in [0.2, 0.25) is 5.91 Å². The number of hydrogen-bond acceptors (Lipinski definition) is 4. The molecule has 1 aliphatic heterocycles. The summed E-state index contributed by atoms with van der Waals surface area (Å²) in [7, 11) is 1.69. The zero-order chi connectivity index (χ0) is 18.5. The molecule has 0 radical (unpaired) electrons. The van der Waals surface area contributed by atoms with Crippen LogP contribution in [-0.4, -0.2) is 41.0 Å². The number of nitrogens with zero attached hydrogens (tertiary/aromatic N) is 3. The lowest BCUT2D eigenvalue weighted by molar-refractivity contribution is -0.131. The molecular formula is C21H27N3O2. The quantitative estimate of drug-likeness (QED) is 0.828. The van der Waals surface area contributed by atoms with Crippen molar-refractivity contribution in [2.24, 2.45) is 0 Å². The van der Waals surface area contributed by atoms with Gasteiger partial charge in [0.15, 0.2) is 0 Å². The van der Waals surface area contributed by atoms with Crippen molar-refractivity contribution < 1.29 is 9.53 Å². The minimum atomic E-state index is 0.216. The first-order valence-corrected chi connectivity index (χ1v) is 9.22. The zero-order valence-corrected chi connectivity index (χ0v) is 15.9. The Morgan fingerprint density at radius 1 is 1.19 bits per heavy atom. The van der Waals surface area contributed by atoms with Gasteiger partial charge in [-0.05, 0) is 37.8 Å². The number of amides is 1. The van der Waals surface area contributed by atoms with Crippen molar-refractivity contribution in [3.8, 4) is 0 Å².